The van der Waals surface area contributed by atoms with Crippen LogP contribution in [0, 0.1) is 13.8 Å². The molecule has 30 heavy (non-hydrogen) atoms. The number of aromatic nitrogens is 4. The molecule has 4 aromatic rings. The van der Waals surface area contributed by atoms with E-state index in [1.54, 1.807) is 12.1 Å². The van der Waals surface area contributed by atoms with Crippen LogP contribution in [0.15, 0.2) is 47.3 Å². The van der Waals surface area contributed by atoms with Crippen LogP contribution in [0.3, 0.4) is 0 Å². The SMILES string of the molecule is Cc1ccc(-n2nc3cc(C)c(-n4c(N)c5c(cc4=O)C(=O)NC5=O)cc3n2)cc1. The van der Waals surface area contributed by atoms with E-state index in [2.05, 4.69) is 15.5 Å². The van der Waals surface area contributed by atoms with Crippen molar-refractivity contribution in [3.8, 4) is 11.4 Å². The third-order valence-corrected chi connectivity index (χ3v) is 5.16. The zero-order valence-corrected chi connectivity index (χ0v) is 16.1. The first-order valence-electron chi connectivity index (χ1n) is 9.20. The number of aryl methyl sites for hydroxylation is 2. The first kappa shape index (κ1) is 17.8. The molecule has 0 unspecified atom stereocenters. The Morgan fingerprint density at radius 1 is 0.900 bits per heavy atom. The molecule has 2 aromatic heterocycles. The van der Waals surface area contributed by atoms with Crippen LogP contribution >= 0.6 is 0 Å². The predicted octanol–water partition coefficient (Wildman–Crippen LogP) is 1.65. The van der Waals surface area contributed by atoms with Crippen LogP contribution in [-0.2, 0) is 0 Å². The topological polar surface area (TPSA) is 125 Å². The molecule has 0 atom stereocenters. The minimum Gasteiger partial charge on any atom is -0.384 e. The van der Waals surface area contributed by atoms with Gasteiger partial charge in [-0.15, -0.1) is 10.2 Å². The van der Waals surface area contributed by atoms with Crippen LogP contribution in [0.1, 0.15) is 31.8 Å². The number of carbonyl (C=O) groups excluding carboxylic acids is 2. The van der Waals surface area contributed by atoms with Crippen LogP contribution in [0.2, 0.25) is 0 Å². The summed E-state index contributed by atoms with van der Waals surface area (Å²) in [6.07, 6.45) is 0. The molecule has 2 aromatic carbocycles. The zero-order chi connectivity index (χ0) is 21.2. The van der Waals surface area contributed by atoms with Gasteiger partial charge in [-0.3, -0.25) is 24.3 Å². The summed E-state index contributed by atoms with van der Waals surface area (Å²) in [6, 6.07) is 12.4. The first-order chi connectivity index (χ1) is 14.3. The molecule has 9 heteroatoms. The van der Waals surface area contributed by atoms with Crippen LogP contribution in [-0.4, -0.2) is 31.4 Å². The molecule has 0 radical (unpaired) electrons. The molecule has 0 spiro atoms. The molecule has 3 N–H and O–H groups in total. The number of pyridine rings is 1. The van der Waals surface area contributed by atoms with E-state index in [1.807, 2.05) is 38.1 Å². The highest BCUT2D eigenvalue weighted by Crippen LogP contribution is 2.26. The molecule has 3 heterocycles. The summed E-state index contributed by atoms with van der Waals surface area (Å²) in [5, 5.41) is 11.2. The van der Waals surface area contributed by atoms with Gasteiger partial charge in [-0.1, -0.05) is 17.7 Å². The summed E-state index contributed by atoms with van der Waals surface area (Å²) in [5.41, 5.74) is 9.96. The molecule has 5 rings (SSSR count). The molecule has 148 valence electrons. The van der Waals surface area contributed by atoms with Gasteiger partial charge >= 0.3 is 0 Å². The van der Waals surface area contributed by atoms with Gasteiger partial charge < -0.3 is 5.73 Å². The van der Waals surface area contributed by atoms with E-state index in [1.165, 1.54) is 9.36 Å². The van der Waals surface area contributed by atoms with Crippen LogP contribution in [0.5, 0.6) is 0 Å². The van der Waals surface area contributed by atoms with Crippen molar-refractivity contribution in [1.29, 1.82) is 0 Å². The molecular weight excluding hydrogens is 384 g/mol. The summed E-state index contributed by atoms with van der Waals surface area (Å²) in [6.45, 7) is 3.81. The van der Waals surface area contributed by atoms with Crippen LogP contribution in [0.4, 0.5) is 5.82 Å². The lowest BCUT2D eigenvalue weighted by molar-refractivity contribution is 0.0880. The van der Waals surface area contributed by atoms with Crippen molar-refractivity contribution in [2.45, 2.75) is 13.8 Å². The molecule has 0 bridgehead atoms. The first-order valence-corrected chi connectivity index (χ1v) is 9.20. The normalized spacial score (nSPS) is 13.0. The van der Waals surface area contributed by atoms with E-state index in [0.717, 1.165) is 22.9 Å². The number of nitrogens with one attached hydrogen (secondary N) is 1. The second-order valence-corrected chi connectivity index (χ2v) is 7.23. The van der Waals surface area contributed by atoms with Crippen molar-refractivity contribution in [3.63, 3.8) is 0 Å². The number of carbonyl (C=O) groups is 2. The molecule has 0 fully saturated rings. The van der Waals surface area contributed by atoms with E-state index >= 15 is 0 Å². The number of anilines is 1. The van der Waals surface area contributed by atoms with E-state index in [-0.39, 0.29) is 16.9 Å². The number of amides is 2. The Hall–Kier alpha value is -4.27. The maximum Gasteiger partial charge on any atom is 0.262 e. The van der Waals surface area contributed by atoms with E-state index in [9.17, 15) is 14.4 Å². The highest BCUT2D eigenvalue weighted by atomic mass is 16.2. The molecule has 9 nitrogen and oxygen atoms in total. The number of benzene rings is 2. The molecule has 0 saturated heterocycles. The lowest BCUT2D eigenvalue weighted by atomic mass is 10.1. The summed E-state index contributed by atoms with van der Waals surface area (Å²) < 4.78 is 1.22. The van der Waals surface area contributed by atoms with E-state index in [4.69, 9.17) is 5.73 Å². The summed E-state index contributed by atoms with van der Waals surface area (Å²) >= 11 is 0. The lowest BCUT2D eigenvalue weighted by Gasteiger charge is -2.13. The van der Waals surface area contributed by atoms with Crippen molar-refractivity contribution in [2.75, 3.05) is 5.73 Å². The predicted molar refractivity (Wildman–Crippen MR) is 110 cm³/mol. The smallest absolute Gasteiger partial charge is 0.262 e. The molecular formula is C21H16N6O3. The van der Waals surface area contributed by atoms with Crippen molar-refractivity contribution in [2.24, 2.45) is 0 Å². The van der Waals surface area contributed by atoms with Gasteiger partial charge in [0.2, 0.25) is 0 Å². The standard InChI is InChI=1S/C21H16N6O3/c1-10-3-5-12(6-4-10)27-24-14-7-11(2)16(9-15(14)25-27)26-17(28)8-13-18(19(26)22)21(30)23-20(13)29/h3-9H,22H2,1-2H3,(H,23,29,30). The van der Waals surface area contributed by atoms with Gasteiger partial charge in [0.25, 0.3) is 17.4 Å². The molecule has 2 amide bonds. The monoisotopic (exact) mass is 400 g/mol. The minimum absolute atomic E-state index is 0.00223. The van der Waals surface area contributed by atoms with E-state index < -0.39 is 17.4 Å². The molecule has 0 aliphatic carbocycles. The lowest BCUT2D eigenvalue weighted by Crippen LogP contribution is -2.24. The van der Waals surface area contributed by atoms with Crippen molar-refractivity contribution < 1.29 is 9.59 Å². The minimum atomic E-state index is -0.626. The Kier molecular flexibility index (Phi) is 3.63. The van der Waals surface area contributed by atoms with E-state index in [0.29, 0.717) is 16.7 Å². The Morgan fingerprint density at radius 2 is 1.57 bits per heavy atom. The highest BCUT2D eigenvalue weighted by molar-refractivity contribution is 6.23. The second-order valence-electron chi connectivity index (χ2n) is 7.23. The third-order valence-electron chi connectivity index (χ3n) is 5.16. The third kappa shape index (κ3) is 2.52. The fraction of sp³-hybridized carbons (Fsp3) is 0.0952. The molecule has 1 aliphatic heterocycles. The number of fused-ring (bicyclic) bond motifs is 2. The Morgan fingerprint density at radius 3 is 2.27 bits per heavy atom. The van der Waals surface area contributed by atoms with Gasteiger partial charge in [-0.05, 0) is 43.7 Å². The number of nitrogens with two attached hydrogens (primary N) is 1. The fourth-order valence-corrected chi connectivity index (χ4v) is 3.62. The second kappa shape index (κ2) is 6.11. The van der Waals surface area contributed by atoms with Gasteiger partial charge in [0.1, 0.15) is 16.9 Å². The van der Waals surface area contributed by atoms with Crippen LogP contribution in [0.25, 0.3) is 22.4 Å². The Balaban J connectivity index is 1.71. The van der Waals surface area contributed by atoms with Gasteiger partial charge in [0.15, 0.2) is 0 Å². The Bertz CT molecular complexity index is 1450. The quantitative estimate of drug-likeness (QED) is 0.493. The number of nitrogens with zero attached hydrogens (tertiary/aromatic N) is 4. The summed E-state index contributed by atoms with van der Waals surface area (Å²) in [7, 11) is 0. The van der Waals surface area contributed by atoms with Crippen molar-refractivity contribution in [1.82, 2.24) is 24.9 Å². The maximum absolute atomic E-state index is 12.7. The summed E-state index contributed by atoms with van der Waals surface area (Å²) in [4.78, 5) is 38.3. The zero-order valence-electron chi connectivity index (χ0n) is 16.1. The number of nitrogen functional groups attached to an aromatic ring is 1. The fourth-order valence-electron chi connectivity index (χ4n) is 3.62. The molecule has 1 aliphatic rings. The van der Waals surface area contributed by atoms with Gasteiger partial charge in [-0.2, -0.15) is 4.80 Å². The van der Waals surface area contributed by atoms with Crippen LogP contribution < -0.4 is 16.6 Å². The maximum atomic E-state index is 12.7. The average molecular weight is 400 g/mol. The largest absolute Gasteiger partial charge is 0.384 e. The summed E-state index contributed by atoms with van der Waals surface area (Å²) in [5.74, 6) is -1.33. The Labute approximate surface area is 169 Å². The number of imide groups is 1. The number of hydrogen-bond acceptors (Lipinski definition) is 6. The van der Waals surface area contributed by atoms with Gasteiger partial charge in [0, 0.05) is 6.07 Å². The number of rotatable bonds is 2. The van der Waals surface area contributed by atoms with Gasteiger partial charge in [0.05, 0.1) is 22.5 Å². The van der Waals surface area contributed by atoms with Crippen molar-refractivity contribution in [3.05, 3.63) is 75.1 Å². The van der Waals surface area contributed by atoms with Gasteiger partial charge in [-0.25, -0.2) is 0 Å². The number of hydrogen-bond donors (Lipinski definition) is 2. The highest BCUT2D eigenvalue weighted by Gasteiger charge is 2.32. The van der Waals surface area contributed by atoms with Crippen molar-refractivity contribution >= 4 is 28.7 Å². The molecule has 0 saturated carbocycles. The average Bonchev–Trinajstić information content (AvgIpc) is 3.22.